The third kappa shape index (κ3) is 3.94. The number of aromatic nitrogens is 3. The number of carbonyl (C=O) groups is 2. The SMILES string of the molecule is CCN1C(=O)/C(=C\c2ccc(NC(C)=O)cc2)S/C1=N/n1cnnc1. The van der Waals surface area contributed by atoms with Gasteiger partial charge in [-0.2, -0.15) is 0 Å². The molecule has 0 radical (unpaired) electrons. The average molecular weight is 356 g/mol. The van der Waals surface area contributed by atoms with Gasteiger partial charge in [0.15, 0.2) is 5.17 Å². The Hall–Kier alpha value is -2.94. The third-order valence-corrected chi connectivity index (χ3v) is 4.34. The van der Waals surface area contributed by atoms with E-state index in [1.807, 2.05) is 25.1 Å². The van der Waals surface area contributed by atoms with Crippen LogP contribution >= 0.6 is 11.8 Å². The fraction of sp³-hybridized carbons (Fsp3) is 0.188. The van der Waals surface area contributed by atoms with E-state index < -0.39 is 0 Å². The van der Waals surface area contributed by atoms with Gasteiger partial charge in [-0.3, -0.25) is 14.5 Å². The van der Waals surface area contributed by atoms with Crippen LogP contribution < -0.4 is 5.32 Å². The molecule has 0 aliphatic carbocycles. The van der Waals surface area contributed by atoms with Crippen molar-refractivity contribution in [3.05, 3.63) is 47.4 Å². The van der Waals surface area contributed by atoms with Crippen molar-refractivity contribution in [2.45, 2.75) is 13.8 Å². The van der Waals surface area contributed by atoms with E-state index in [9.17, 15) is 9.59 Å². The summed E-state index contributed by atoms with van der Waals surface area (Å²) in [7, 11) is 0. The Balaban J connectivity index is 1.83. The molecule has 1 aliphatic heterocycles. The van der Waals surface area contributed by atoms with Crippen LogP contribution in [0.1, 0.15) is 19.4 Å². The average Bonchev–Trinajstić information content (AvgIpc) is 3.18. The van der Waals surface area contributed by atoms with Crippen LogP contribution in [0.25, 0.3) is 6.08 Å². The number of likely N-dealkylation sites (N-methyl/N-ethyl adjacent to an activating group) is 1. The minimum Gasteiger partial charge on any atom is -0.326 e. The van der Waals surface area contributed by atoms with Crippen LogP contribution in [0.4, 0.5) is 5.69 Å². The number of carbonyl (C=O) groups excluding carboxylic acids is 2. The smallest absolute Gasteiger partial charge is 0.266 e. The summed E-state index contributed by atoms with van der Waals surface area (Å²) in [5, 5.41) is 15.0. The van der Waals surface area contributed by atoms with E-state index in [1.165, 1.54) is 36.0 Å². The van der Waals surface area contributed by atoms with Gasteiger partial charge in [0.25, 0.3) is 5.91 Å². The van der Waals surface area contributed by atoms with Gasteiger partial charge < -0.3 is 5.32 Å². The van der Waals surface area contributed by atoms with Crippen molar-refractivity contribution in [2.24, 2.45) is 5.10 Å². The summed E-state index contributed by atoms with van der Waals surface area (Å²) < 4.78 is 1.46. The molecule has 2 amide bonds. The van der Waals surface area contributed by atoms with Gasteiger partial charge >= 0.3 is 0 Å². The van der Waals surface area contributed by atoms with Crippen molar-refractivity contribution in [3.63, 3.8) is 0 Å². The molecular formula is C16H16N6O2S. The number of amidine groups is 1. The summed E-state index contributed by atoms with van der Waals surface area (Å²) in [6, 6.07) is 7.28. The first-order valence-corrected chi connectivity index (χ1v) is 8.41. The van der Waals surface area contributed by atoms with E-state index >= 15 is 0 Å². The fourth-order valence-electron chi connectivity index (χ4n) is 2.22. The Kier molecular flexibility index (Phi) is 4.94. The first-order chi connectivity index (χ1) is 12.1. The molecule has 0 saturated carbocycles. The van der Waals surface area contributed by atoms with Crippen LogP contribution in [-0.2, 0) is 9.59 Å². The summed E-state index contributed by atoms with van der Waals surface area (Å²) in [5.41, 5.74) is 1.58. The standard InChI is InChI=1S/C16H16N6O2S/c1-3-22-15(24)14(25-16(22)20-21-9-17-18-10-21)8-12-4-6-13(7-5-12)19-11(2)23/h4-10H,3H2,1-2H3,(H,19,23)/b14-8+,20-16+. The highest BCUT2D eigenvalue weighted by Crippen LogP contribution is 2.32. The number of anilines is 1. The number of rotatable bonds is 4. The minimum atomic E-state index is -0.124. The highest BCUT2D eigenvalue weighted by Gasteiger charge is 2.32. The maximum Gasteiger partial charge on any atom is 0.266 e. The molecular weight excluding hydrogens is 340 g/mol. The molecule has 9 heteroatoms. The van der Waals surface area contributed by atoms with Crippen molar-refractivity contribution in [2.75, 3.05) is 11.9 Å². The van der Waals surface area contributed by atoms with E-state index in [0.717, 1.165) is 5.56 Å². The lowest BCUT2D eigenvalue weighted by Crippen LogP contribution is -2.29. The molecule has 0 unspecified atom stereocenters. The molecule has 1 saturated heterocycles. The summed E-state index contributed by atoms with van der Waals surface area (Å²) in [5.74, 6) is -0.216. The zero-order chi connectivity index (χ0) is 17.8. The van der Waals surface area contributed by atoms with Crippen LogP contribution in [0.15, 0.2) is 46.9 Å². The summed E-state index contributed by atoms with van der Waals surface area (Å²) >= 11 is 1.30. The van der Waals surface area contributed by atoms with Gasteiger partial charge in [0, 0.05) is 19.2 Å². The van der Waals surface area contributed by atoms with Gasteiger partial charge in [0.05, 0.1) is 4.91 Å². The third-order valence-electron chi connectivity index (χ3n) is 3.34. The van der Waals surface area contributed by atoms with Crippen molar-refractivity contribution in [1.82, 2.24) is 19.8 Å². The minimum absolute atomic E-state index is 0.0924. The Morgan fingerprint density at radius 1 is 1.28 bits per heavy atom. The number of nitrogens with one attached hydrogen (secondary N) is 1. The lowest BCUT2D eigenvalue weighted by Gasteiger charge is -2.11. The van der Waals surface area contributed by atoms with Crippen molar-refractivity contribution in [3.8, 4) is 0 Å². The molecule has 1 aromatic carbocycles. The van der Waals surface area contributed by atoms with Crippen molar-refractivity contribution < 1.29 is 9.59 Å². The highest BCUT2D eigenvalue weighted by atomic mass is 32.2. The molecule has 0 spiro atoms. The lowest BCUT2D eigenvalue weighted by molar-refractivity contribution is -0.122. The van der Waals surface area contributed by atoms with E-state index in [2.05, 4.69) is 20.6 Å². The second-order valence-corrected chi connectivity index (χ2v) is 6.20. The molecule has 2 heterocycles. The molecule has 1 fully saturated rings. The Labute approximate surface area is 148 Å². The normalized spacial score (nSPS) is 17.5. The maximum atomic E-state index is 12.6. The molecule has 1 aliphatic rings. The van der Waals surface area contributed by atoms with Crippen LogP contribution in [0.5, 0.6) is 0 Å². The van der Waals surface area contributed by atoms with Crippen LogP contribution in [-0.4, -0.2) is 43.3 Å². The van der Waals surface area contributed by atoms with Crippen LogP contribution in [0.2, 0.25) is 0 Å². The van der Waals surface area contributed by atoms with Crippen LogP contribution in [0.3, 0.4) is 0 Å². The number of thioether (sulfide) groups is 1. The van der Waals surface area contributed by atoms with Gasteiger partial charge in [-0.25, -0.2) is 4.68 Å². The predicted molar refractivity (Wildman–Crippen MR) is 96.6 cm³/mol. The summed E-state index contributed by atoms with van der Waals surface area (Å²) in [4.78, 5) is 25.8. The summed E-state index contributed by atoms with van der Waals surface area (Å²) in [6.45, 7) is 3.87. The van der Waals surface area contributed by atoms with Crippen molar-refractivity contribution in [1.29, 1.82) is 0 Å². The van der Waals surface area contributed by atoms with Gasteiger partial charge in [-0.1, -0.05) is 12.1 Å². The number of hydrogen-bond donors (Lipinski definition) is 1. The number of hydrogen-bond acceptors (Lipinski definition) is 6. The Morgan fingerprint density at radius 3 is 2.56 bits per heavy atom. The van der Waals surface area contributed by atoms with Gasteiger partial charge in [-0.15, -0.1) is 15.3 Å². The van der Waals surface area contributed by atoms with Gasteiger partial charge in [0.2, 0.25) is 5.91 Å². The molecule has 0 atom stereocenters. The molecule has 25 heavy (non-hydrogen) atoms. The second kappa shape index (κ2) is 7.31. The number of amides is 2. The fourth-order valence-corrected chi connectivity index (χ4v) is 3.27. The largest absolute Gasteiger partial charge is 0.326 e. The van der Waals surface area contributed by atoms with Gasteiger partial charge in [-0.05, 0) is 42.5 Å². The monoisotopic (exact) mass is 356 g/mol. The summed E-state index contributed by atoms with van der Waals surface area (Å²) in [6.07, 6.45) is 4.74. The first-order valence-electron chi connectivity index (χ1n) is 7.59. The molecule has 0 bridgehead atoms. The molecule has 2 aromatic rings. The number of nitrogens with zero attached hydrogens (tertiary/aromatic N) is 5. The van der Waals surface area contributed by atoms with E-state index in [1.54, 1.807) is 17.0 Å². The second-order valence-electron chi connectivity index (χ2n) is 5.19. The molecule has 1 aromatic heterocycles. The lowest BCUT2D eigenvalue weighted by atomic mass is 10.2. The van der Waals surface area contributed by atoms with E-state index in [4.69, 9.17) is 0 Å². The van der Waals surface area contributed by atoms with Crippen LogP contribution in [0, 0.1) is 0 Å². The predicted octanol–water partition coefficient (Wildman–Crippen LogP) is 1.99. The number of benzene rings is 1. The first kappa shape index (κ1) is 16.9. The van der Waals surface area contributed by atoms with E-state index in [0.29, 0.717) is 22.3 Å². The van der Waals surface area contributed by atoms with Gasteiger partial charge in [0.1, 0.15) is 12.7 Å². The topological polar surface area (TPSA) is 92.5 Å². The molecule has 8 nitrogen and oxygen atoms in total. The molecule has 1 N–H and O–H groups in total. The molecule has 3 rings (SSSR count). The van der Waals surface area contributed by atoms with E-state index in [-0.39, 0.29) is 11.8 Å². The maximum absolute atomic E-state index is 12.6. The zero-order valence-corrected chi connectivity index (χ0v) is 14.5. The Morgan fingerprint density at radius 2 is 1.96 bits per heavy atom. The Bertz CT molecular complexity index is 842. The highest BCUT2D eigenvalue weighted by molar-refractivity contribution is 8.18. The molecule has 128 valence electrons. The quantitative estimate of drug-likeness (QED) is 0.846. The zero-order valence-electron chi connectivity index (χ0n) is 13.7. The van der Waals surface area contributed by atoms with Crippen molar-refractivity contribution >= 4 is 40.5 Å².